The molecule has 0 spiro atoms. The molecular weight excluding hydrogens is 322 g/mol. The number of aromatic nitrogens is 1. The maximum atomic E-state index is 12.7. The summed E-state index contributed by atoms with van der Waals surface area (Å²) in [5, 5.41) is 10.1. The number of rotatable bonds is 4. The van der Waals surface area contributed by atoms with Crippen LogP contribution in [0.5, 0.6) is 0 Å². The van der Waals surface area contributed by atoms with Crippen LogP contribution in [0.3, 0.4) is 0 Å². The highest BCUT2D eigenvalue weighted by Gasteiger charge is 2.24. The highest BCUT2D eigenvalue weighted by atomic mass is 32.2. The van der Waals surface area contributed by atoms with Gasteiger partial charge in [-0.15, -0.1) is 0 Å². The molecule has 24 heavy (non-hydrogen) atoms. The van der Waals surface area contributed by atoms with Gasteiger partial charge in [0.05, 0.1) is 16.0 Å². The number of fused-ring (bicyclic) bond motifs is 1. The number of pyridine rings is 1. The van der Waals surface area contributed by atoms with Crippen molar-refractivity contribution in [3.63, 3.8) is 0 Å². The third-order valence-corrected chi connectivity index (χ3v) is 5.61. The molecule has 3 rings (SSSR count). The molecule has 5 nitrogen and oxygen atoms in total. The van der Waals surface area contributed by atoms with Gasteiger partial charge in [-0.2, -0.15) is 9.57 Å². The zero-order chi connectivity index (χ0) is 17.2. The van der Waals surface area contributed by atoms with Crippen molar-refractivity contribution in [2.45, 2.75) is 11.4 Å². The number of para-hydroxylation sites is 1. The van der Waals surface area contributed by atoms with Crippen LogP contribution in [0.4, 0.5) is 0 Å². The van der Waals surface area contributed by atoms with Crippen molar-refractivity contribution < 1.29 is 8.42 Å². The lowest BCUT2D eigenvalue weighted by Gasteiger charge is -2.18. The summed E-state index contributed by atoms with van der Waals surface area (Å²) in [6.45, 7) is 0.180. The first-order valence-electron chi connectivity index (χ1n) is 7.31. The van der Waals surface area contributed by atoms with E-state index in [0.29, 0.717) is 0 Å². The maximum absolute atomic E-state index is 12.7. The van der Waals surface area contributed by atoms with E-state index in [9.17, 15) is 8.42 Å². The van der Waals surface area contributed by atoms with E-state index in [4.69, 9.17) is 5.26 Å². The smallest absolute Gasteiger partial charge is 0.244 e. The molecule has 0 amide bonds. The van der Waals surface area contributed by atoms with Crippen LogP contribution in [0.15, 0.2) is 65.7 Å². The number of hydrogen-bond acceptors (Lipinski definition) is 4. The van der Waals surface area contributed by atoms with Crippen LogP contribution in [0.25, 0.3) is 10.9 Å². The van der Waals surface area contributed by atoms with Crippen LogP contribution in [0, 0.1) is 11.3 Å². The Labute approximate surface area is 140 Å². The molecule has 0 aliphatic carbocycles. The number of hydrogen-bond donors (Lipinski definition) is 0. The minimum absolute atomic E-state index is 0.0174. The topological polar surface area (TPSA) is 74.1 Å². The van der Waals surface area contributed by atoms with Crippen molar-refractivity contribution in [3.8, 4) is 6.07 Å². The molecule has 0 aliphatic rings. The fraction of sp³-hybridized carbons (Fsp3) is 0.111. The Morgan fingerprint density at radius 3 is 2.62 bits per heavy atom. The summed E-state index contributed by atoms with van der Waals surface area (Å²) in [6, 6.07) is 17.7. The molecule has 0 saturated carbocycles. The summed E-state index contributed by atoms with van der Waals surface area (Å²) in [6.07, 6.45) is 1.67. The van der Waals surface area contributed by atoms with Gasteiger partial charge in [-0.25, -0.2) is 8.42 Å². The summed E-state index contributed by atoms with van der Waals surface area (Å²) >= 11 is 0. The number of benzene rings is 2. The van der Waals surface area contributed by atoms with Gasteiger partial charge in [-0.1, -0.05) is 30.3 Å². The molecule has 0 aliphatic heterocycles. The van der Waals surface area contributed by atoms with Gasteiger partial charge in [-0.05, 0) is 29.8 Å². The molecule has 0 fully saturated rings. The minimum atomic E-state index is -3.75. The first-order chi connectivity index (χ1) is 11.5. The van der Waals surface area contributed by atoms with Gasteiger partial charge >= 0.3 is 0 Å². The molecule has 0 saturated heterocycles. The van der Waals surface area contributed by atoms with Gasteiger partial charge in [0, 0.05) is 25.2 Å². The van der Waals surface area contributed by atoms with Gasteiger partial charge in [0.1, 0.15) is 6.07 Å². The van der Waals surface area contributed by atoms with Crippen LogP contribution in [0.1, 0.15) is 11.1 Å². The van der Waals surface area contributed by atoms with Crippen LogP contribution >= 0.6 is 0 Å². The number of sulfonamides is 1. The second-order valence-electron chi connectivity index (χ2n) is 5.41. The predicted molar refractivity (Wildman–Crippen MR) is 91.6 cm³/mol. The van der Waals surface area contributed by atoms with E-state index in [2.05, 4.69) is 4.98 Å². The monoisotopic (exact) mass is 337 g/mol. The van der Waals surface area contributed by atoms with E-state index >= 15 is 0 Å². The summed E-state index contributed by atoms with van der Waals surface area (Å²) in [5.74, 6) is 0. The Balaban J connectivity index is 1.93. The summed E-state index contributed by atoms with van der Waals surface area (Å²) in [5.41, 5.74) is 1.79. The lowest BCUT2D eigenvalue weighted by atomic mass is 10.1. The van der Waals surface area contributed by atoms with Gasteiger partial charge in [0.25, 0.3) is 0 Å². The lowest BCUT2D eigenvalue weighted by Crippen LogP contribution is -2.27. The zero-order valence-electron chi connectivity index (χ0n) is 13.0. The molecule has 0 unspecified atom stereocenters. The van der Waals surface area contributed by atoms with E-state index in [1.54, 1.807) is 18.3 Å². The first-order valence-corrected chi connectivity index (χ1v) is 8.75. The summed E-state index contributed by atoms with van der Waals surface area (Å²) < 4.78 is 26.7. The number of nitrogens with zero attached hydrogens (tertiary/aromatic N) is 3. The highest BCUT2D eigenvalue weighted by Crippen LogP contribution is 2.21. The average molecular weight is 337 g/mol. The van der Waals surface area contributed by atoms with E-state index in [0.717, 1.165) is 16.5 Å². The highest BCUT2D eigenvalue weighted by molar-refractivity contribution is 7.89. The Morgan fingerprint density at radius 1 is 1.12 bits per heavy atom. The van der Waals surface area contributed by atoms with Crippen molar-refractivity contribution in [1.82, 2.24) is 9.29 Å². The van der Waals surface area contributed by atoms with Crippen LogP contribution in [-0.4, -0.2) is 24.8 Å². The molecule has 2 aromatic carbocycles. The first kappa shape index (κ1) is 16.1. The molecule has 1 heterocycles. The molecule has 120 valence electrons. The maximum Gasteiger partial charge on any atom is 0.244 e. The largest absolute Gasteiger partial charge is 0.256 e. The van der Waals surface area contributed by atoms with Crippen molar-refractivity contribution in [3.05, 3.63) is 71.9 Å². The lowest BCUT2D eigenvalue weighted by molar-refractivity contribution is 0.466. The summed E-state index contributed by atoms with van der Waals surface area (Å²) in [7, 11) is -2.25. The van der Waals surface area contributed by atoms with E-state index in [1.165, 1.54) is 23.5 Å². The van der Waals surface area contributed by atoms with Crippen LogP contribution in [-0.2, 0) is 16.6 Å². The molecule has 0 bridgehead atoms. The molecule has 3 aromatic rings. The molecule has 0 N–H and O–H groups in total. The van der Waals surface area contributed by atoms with E-state index in [1.807, 2.05) is 36.4 Å². The van der Waals surface area contributed by atoms with Gasteiger partial charge in [0.15, 0.2) is 0 Å². The second kappa shape index (κ2) is 6.40. The molecular formula is C18H15N3O2S. The fourth-order valence-electron chi connectivity index (χ4n) is 2.50. The zero-order valence-corrected chi connectivity index (χ0v) is 13.9. The Kier molecular flexibility index (Phi) is 4.30. The molecule has 1 aromatic heterocycles. The Hall–Kier alpha value is -2.75. The SMILES string of the molecule is CN(Cc1cnc2ccccc2c1)S(=O)(=O)c1ccccc1C#N. The Bertz CT molecular complexity index is 1040. The standard InChI is InChI=1S/C18H15N3O2S/c1-21(24(22,23)18-9-5-3-7-16(18)11-19)13-14-10-15-6-2-4-8-17(15)20-12-14/h2-10,12H,13H2,1H3. The van der Waals surface area contributed by atoms with Crippen molar-refractivity contribution >= 4 is 20.9 Å². The van der Waals surface area contributed by atoms with Crippen LogP contribution < -0.4 is 0 Å². The third kappa shape index (κ3) is 3.00. The summed E-state index contributed by atoms with van der Waals surface area (Å²) in [4.78, 5) is 4.37. The van der Waals surface area contributed by atoms with Crippen molar-refractivity contribution in [2.75, 3.05) is 7.05 Å². The Morgan fingerprint density at radius 2 is 1.83 bits per heavy atom. The van der Waals surface area contributed by atoms with Gasteiger partial charge in [0.2, 0.25) is 10.0 Å². The second-order valence-corrected chi connectivity index (χ2v) is 7.42. The van der Waals surface area contributed by atoms with Gasteiger partial charge < -0.3 is 0 Å². The van der Waals surface area contributed by atoms with Crippen molar-refractivity contribution in [2.24, 2.45) is 0 Å². The van der Waals surface area contributed by atoms with E-state index < -0.39 is 10.0 Å². The van der Waals surface area contributed by atoms with Crippen molar-refractivity contribution in [1.29, 1.82) is 5.26 Å². The van der Waals surface area contributed by atoms with E-state index in [-0.39, 0.29) is 17.0 Å². The average Bonchev–Trinajstić information content (AvgIpc) is 2.61. The predicted octanol–water partition coefficient (Wildman–Crippen LogP) is 2.93. The number of nitriles is 1. The fourth-order valence-corrected chi connectivity index (χ4v) is 3.79. The quantitative estimate of drug-likeness (QED) is 0.733. The molecule has 6 heteroatoms. The van der Waals surface area contributed by atoms with Crippen LogP contribution in [0.2, 0.25) is 0 Å². The van der Waals surface area contributed by atoms with Gasteiger partial charge in [-0.3, -0.25) is 4.98 Å². The minimum Gasteiger partial charge on any atom is -0.256 e. The molecule has 0 atom stereocenters. The molecule has 0 radical (unpaired) electrons. The third-order valence-electron chi connectivity index (χ3n) is 3.75. The normalized spacial score (nSPS) is 11.5.